The number of nitrogens with two attached hydrogens (primary N) is 1. The highest BCUT2D eigenvalue weighted by atomic mass is 32.2. The minimum absolute atomic E-state index is 0.0398. The van der Waals surface area contributed by atoms with Crippen molar-refractivity contribution < 1.29 is 14.5 Å². The molecule has 2 N–H and O–H groups in total. The van der Waals surface area contributed by atoms with Gasteiger partial charge >= 0.3 is 5.97 Å². The van der Waals surface area contributed by atoms with Crippen LogP contribution in [0.4, 0.5) is 11.5 Å². The third kappa shape index (κ3) is 4.39. The first-order valence-electron chi connectivity index (χ1n) is 6.67. The fraction of sp³-hybridized carbons (Fsp3) is 0.214. The van der Waals surface area contributed by atoms with Crippen LogP contribution in [-0.2, 0) is 10.5 Å². The molecule has 0 aliphatic rings. The van der Waals surface area contributed by atoms with Crippen LogP contribution >= 0.6 is 11.8 Å². The SMILES string of the molecule is CCOC(=O)c1cnc(SCc2ccc([N+](=O)[O-])cc2)nc1N. The van der Waals surface area contributed by atoms with Gasteiger partial charge in [-0.3, -0.25) is 10.1 Å². The molecule has 0 radical (unpaired) electrons. The summed E-state index contributed by atoms with van der Waals surface area (Å²) in [6, 6.07) is 6.22. The van der Waals surface area contributed by atoms with E-state index in [-0.39, 0.29) is 23.7 Å². The Hall–Kier alpha value is -2.68. The molecule has 1 aromatic carbocycles. The first-order chi connectivity index (χ1) is 11.0. The number of nitrogens with zero attached hydrogens (tertiary/aromatic N) is 3. The average molecular weight is 334 g/mol. The lowest BCUT2D eigenvalue weighted by atomic mass is 10.2. The highest BCUT2D eigenvalue weighted by Gasteiger charge is 2.14. The van der Waals surface area contributed by atoms with Gasteiger partial charge in [0, 0.05) is 24.1 Å². The second-order valence-electron chi connectivity index (χ2n) is 4.38. The summed E-state index contributed by atoms with van der Waals surface area (Å²) in [6.45, 7) is 1.94. The van der Waals surface area contributed by atoms with Crippen LogP contribution in [0.5, 0.6) is 0 Å². The van der Waals surface area contributed by atoms with E-state index in [1.54, 1.807) is 19.1 Å². The Morgan fingerprint density at radius 1 is 1.39 bits per heavy atom. The number of hydrogen-bond donors (Lipinski definition) is 1. The van der Waals surface area contributed by atoms with E-state index in [2.05, 4.69) is 9.97 Å². The molecule has 0 saturated carbocycles. The molecule has 9 heteroatoms. The number of esters is 1. The van der Waals surface area contributed by atoms with Crippen molar-refractivity contribution in [3.8, 4) is 0 Å². The molecule has 0 fully saturated rings. The van der Waals surface area contributed by atoms with Crippen molar-refractivity contribution in [2.45, 2.75) is 17.8 Å². The standard InChI is InChI=1S/C14H14N4O4S/c1-2-22-13(19)11-7-16-14(17-12(11)15)23-8-9-3-5-10(6-4-9)18(20)21/h3-7H,2,8H2,1H3,(H2,15,16,17). The zero-order valence-corrected chi connectivity index (χ0v) is 13.1. The molecule has 8 nitrogen and oxygen atoms in total. The van der Waals surface area contributed by atoms with Crippen LogP contribution in [0.1, 0.15) is 22.8 Å². The van der Waals surface area contributed by atoms with E-state index in [1.165, 1.54) is 30.1 Å². The van der Waals surface area contributed by atoms with Crippen molar-refractivity contribution in [3.05, 3.63) is 51.7 Å². The summed E-state index contributed by atoms with van der Waals surface area (Å²) in [5.41, 5.74) is 6.79. The van der Waals surface area contributed by atoms with Gasteiger partial charge in [0.15, 0.2) is 5.16 Å². The molecule has 0 saturated heterocycles. The van der Waals surface area contributed by atoms with E-state index in [4.69, 9.17) is 10.5 Å². The number of ether oxygens (including phenoxy) is 1. The smallest absolute Gasteiger partial charge is 0.343 e. The molecule has 0 unspecified atom stereocenters. The first-order valence-corrected chi connectivity index (χ1v) is 7.65. The van der Waals surface area contributed by atoms with Crippen molar-refractivity contribution in [3.63, 3.8) is 0 Å². The predicted molar refractivity (Wildman–Crippen MR) is 85.1 cm³/mol. The number of non-ortho nitro benzene ring substituents is 1. The van der Waals surface area contributed by atoms with Gasteiger partial charge < -0.3 is 10.5 Å². The van der Waals surface area contributed by atoms with Crippen molar-refractivity contribution in [1.29, 1.82) is 0 Å². The third-order valence-corrected chi connectivity index (χ3v) is 3.74. The van der Waals surface area contributed by atoms with Crippen LogP contribution in [-0.4, -0.2) is 27.5 Å². The second kappa shape index (κ2) is 7.54. The molecular formula is C14H14N4O4S. The number of nitrogen functional groups attached to an aromatic ring is 1. The number of carbonyl (C=O) groups is 1. The summed E-state index contributed by atoms with van der Waals surface area (Å²) in [4.78, 5) is 29.9. The summed E-state index contributed by atoms with van der Waals surface area (Å²) in [5, 5.41) is 11.0. The Bertz CT molecular complexity index is 721. The van der Waals surface area contributed by atoms with Crippen molar-refractivity contribution >= 4 is 29.2 Å². The van der Waals surface area contributed by atoms with Gasteiger partial charge in [-0.15, -0.1) is 0 Å². The largest absolute Gasteiger partial charge is 0.462 e. The predicted octanol–water partition coefficient (Wildman–Crippen LogP) is 2.44. The fourth-order valence-electron chi connectivity index (χ4n) is 1.68. The third-order valence-electron chi connectivity index (χ3n) is 2.81. The van der Waals surface area contributed by atoms with Crippen LogP contribution in [0.2, 0.25) is 0 Å². The fourth-order valence-corrected chi connectivity index (χ4v) is 2.45. The van der Waals surface area contributed by atoms with Gasteiger partial charge in [0.25, 0.3) is 5.69 Å². The summed E-state index contributed by atoms with van der Waals surface area (Å²) >= 11 is 1.31. The van der Waals surface area contributed by atoms with E-state index >= 15 is 0 Å². The lowest BCUT2D eigenvalue weighted by molar-refractivity contribution is -0.384. The van der Waals surface area contributed by atoms with Gasteiger partial charge in [0.1, 0.15) is 11.4 Å². The minimum Gasteiger partial charge on any atom is -0.462 e. The van der Waals surface area contributed by atoms with Crippen LogP contribution in [0.15, 0.2) is 35.6 Å². The molecule has 0 amide bonds. The Morgan fingerprint density at radius 2 is 2.09 bits per heavy atom. The summed E-state index contributed by atoms with van der Waals surface area (Å²) < 4.78 is 4.85. The molecule has 1 heterocycles. The maximum atomic E-state index is 11.6. The Labute approximate surface area is 136 Å². The maximum absolute atomic E-state index is 11.6. The molecular weight excluding hydrogens is 320 g/mol. The Kier molecular flexibility index (Phi) is 5.47. The number of rotatable bonds is 6. The molecule has 0 aliphatic heterocycles. The minimum atomic E-state index is -0.558. The lowest BCUT2D eigenvalue weighted by Crippen LogP contribution is -2.10. The number of hydrogen-bond acceptors (Lipinski definition) is 8. The summed E-state index contributed by atoms with van der Waals surface area (Å²) in [5.74, 6) is 0.0254. The summed E-state index contributed by atoms with van der Waals surface area (Å²) in [7, 11) is 0. The number of thioether (sulfide) groups is 1. The number of nitro benzene ring substituents is 1. The molecule has 0 spiro atoms. The van der Waals surface area contributed by atoms with Crippen molar-refractivity contribution in [1.82, 2.24) is 9.97 Å². The molecule has 2 rings (SSSR count). The first kappa shape index (κ1) is 16.7. The monoisotopic (exact) mass is 334 g/mol. The Balaban J connectivity index is 2.02. The van der Waals surface area contributed by atoms with Crippen molar-refractivity contribution in [2.75, 3.05) is 12.3 Å². The van der Waals surface area contributed by atoms with E-state index in [1.807, 2.05) is 0 Å². The van der Waals surface area contributed by atoms with Gasteiger partial charge in [0.2, 0.25) is 0 Å². The molecule has 0 atom stereocenters. The number of anilines is 1. The number of aromatic nitrogens is 2. The normalized spacial score (nSPS) is 10.3. The second-order valence-corrected chi connectivity index (χ2v) is 5.33. The molecule has 2 aromatic rings. The van der Waals surface area contributed by atoms with Crippen LogP contribution in [0, 0.1) is 10.1 Å². The maximum Gasteiger partial charge on any atom is 0.343 e. The number of benzene rings is 1. The zero-order valence-electron chi connectivity index (χ0n) is 12.3. The topological polar surface area (TPSA) is 121 Å². The molecule has 0 bridgehead atoms. The van der Waals surface area contributed by atoms with Gasteiger partial charge in [0.05, 0.1) is 11.5 Å². The highest BCUT2D eigenvalue weighted by Crippen LogP contribution is 2.22. The molecule has 0 aliphatic carbocycles. The van der Waals surface area contributed by atoms with Gasteiger partial charge in [-0.1, -0.05) is 23.9 Å². The zero-order chi connectivity index (χ0) is 16.8. The molecule has 1 aromatic heterocycles. The quantitative estimate of drug-likeness (QED) is 0.281. The number of carbonyl (C=O) groups excluding carboxylic acids is 1. The lowest BCUT2D eigenvalue weighted by Gasteiger charge is -2.06. The summed E-state index contributed by atoms with van der Waals surface area (Å²) in [6.07, 6.45) is 1.33. The van der Waals surface area contributed by atoms with E-state index < -0.39 is 10.9 Å². The van der Waals surface area contributed by atoms with Gasteiger partial charge in [-0.25, -0.2) is 14.8 Å². The van der Waals surface area contributed by atoms with Crippen LogP contribution < -0.4 is 5.73 Å². The van der Waals surface area contributed by atoms with Gasteiger partial charge in [-0.05, 0) is 12.5 Å². The Morgan fingerprint density at radius 3 is 2.65 bits per heavy atom. The van der Waals surface area contributed by atoms with E-state index in [9.17, 15) is 14.9 Å². The van der Waals surface area contributed by atoms with Crippen LogP contribution in [0.25, 0.3) is 0 Å². The van der Waals surface area contributed by atoms with E-state index in [0.29, 0.717) is 10.9 Å². The number of nitro groups is 1. The van der Waals surface area contributed by atoms with Gasteiger partial charge in [-0.2, -0.15) is 0 Å². The molecule has 120 valence electrons. The average Bonchev–Trinajstić information content (AvgIpc) is 2.53. The highest BCUT2D eigenvalue weighted by molar-refractivity contribution is 7.98. The molecule has 23 heavy (non-hydrogen) atoms. The van der Waals surface area contributed by atoms with Crippen molar-refractivity contribution in [2.24, 2.45) is 0 Å². The van der Waals surface area contributed by atoms with E-state index in [0.717, 1.165) is 5.56 Å². The van der Waals surface area contributed by atoms with Crippen LogP contribution in [0.3, 0.4) is 0 Å².